The van der Waals surface area contributed by atoms with Gasteiger partial charge in [0.15, 0.2) is 11.6 Å². The molecule has 238 valence electrons. The fourth-order valence-electron chi connectivity index (χ4n) is 6.49. The molecule has 45 heavy (non-hydrogen) atoms. The highest BCUT2D eigenvalue weighted by Gasteiger charge is 2.35. The largest absolute Gasteiger partial charge is 0.453 e. The number of nitrogens with one attached hydrogen (secondary N) is 1. The van der Waals surface area contributed by atoms with Crippen LogP contribution in [0.1, 0.15) is 53.4 Å². The summed E-state index contributed by atoms with van der Waals surface area (Å²) in [5, 5.41) is 0.722. The van der Waals surface area contributed by atoms with E-state index in [1.807, 2.05) is 24.8 Å². The van der Waals surface area contributed by atoms with Gasteiger partial charge in [-0.3, -0.25) is 9.69 Å². The van der Waals surface area contributed by atoms with Gasteiger partial charge in [-0.15, -0.1) is 0 Å². The summed E-state index contributed by atoms with van der Waals surface area (Å²) in [6.07, 6.45) is -2.68. The van der Waals surface area contributed by atoms with Crippen LogP contribution < -0.4 is 4.74 Å². The van der Waals surface area contributed by atoms with Crippen LogP contribution in [0.2, 0.25) is 0 Å². The van der Waals surface area contributed by atoms with Crippen LogP contribution in [0.3, 0.4) is 0 Å². The Bertz CT molecular complexity index is 1710. The third-order valence-corrected chi connectivity index (χ3v) is 9.04. The van der Waals surface area contributed by atoms with Crippen LogP contribution in [-0.4, -0.2) is 69.8 Å². The standard InChI is InChI=1S/C34H37F4N5O2/c1-4-41-11-13-42(14-12-41)20-25-6-5-23(16-28(25)34(36,37)38)17-32(44)43-10-8-24-18-29(35)31(19-26(24)22(43)3)45-30-7-9-39-33-27(30)15-21(2)40-33/h5-7,9,15-16,18-19,22H,4,8,10-14,17,20H2,1-3H3,(H,39,40). The summed E-state index contributed by atoms with van der Waals surface area (Å²) in [4.78, 5) is 26.9. The zero-order chi connectivity index (χ0) is 31.9. The van der Waals surface area contributed by atoms with E-state index < -0.39 is 23.6 Å². The van der Waals surface area contributed by atoms with Gasteiger partial charge in [-0.25, -0.2) is 9.37 Å². The van der Waals surface area contributed by atoms with Crippen LogP contribution in [0.5, 0.6) is 11.5 Å². The smallest absolute Gasteiger partial charge is 0.416 e. The lowest BCUT2D eigenvalue weighted by atomic mass is 9.92. The molecule has 0 saturated carbocycles. The maximum absolute atomic E-state index is 15.2. The van der Waals surface area contributed by atoms with Crippen LogP contribution in [-0.2, 0) is 30.4 Å². The Morgan fingerprint density at radius 2 is 1.78 bits per heavy atom. The van der Waals surface area contributed by atoms with E-state index in [0.717, 1.165) is 61.0 Å². The second kappa shape index (κ2) is 12.4. The number of nitrogens with zero attached hydrogens (tertiary/aromatic N) is 4. The Labute approximate surface area is 259 Å². The summed E-state index contributed by atoms with van der Waals surface area (Å²) < 4.78 is 63.7. The summed E-state index contributed by atoms with van der Waals surface area (Å²) in [6.45, 7) is 10.4. The first-order valence-electron chi connectivity index (χ1n) is 15.4. The summed E-state index contributed by atoms with van der Waals surface area (Å²) in [5.74, 6) is -0.311. The molecule has 2 aromatic carbocycles. The van der Waals surface area contributed by atoms with Crippen LogP contribution >= 0.6 is 0 Å². The van der Waals surface area contributed by atoms with Crippen molar-refractivity contribution in [3.05, 3.63) is 88.0 Å². The maximum atomic E-state index is 15.2. The normalized spacial score (nSPS) is 17.9. The second-order valence-corrected chi connectivity index (χ2v) is 12.0. The van der Waals surface area contributed by atoms with E-state index in [4.69, 9.17) is 4.74 Å². The minimum absolute atomic E-state index is 0.0303. The Hall–Kier alpha value is -3.96. The molecule has 1 N–H and O–H groups in total. The van der Waals surface area contributed by atoms with Crippen LogP contribution in [0.25, 0.3) is 11.0 Å². The van der Waals surface area contributed by atoms with E-state index in [0.29, 0.717) is 29.9 Å². The van der Waals surface area contributed by atoms with Gasteiger partial charge >= 0.3 is 6.18 Å². The molecular weight excluding hydrogens is 586 g/mol. The predicted molar refractivity (Wildman–Crippen MR) is 164 cm³/mol. The van der Waals surface area contributed by atoms with Crippen molar-refractivity contribution in [2.75, 3.05) is 39.3 Å². The van der Waals surface area contributed by atoms with E-state index in [1.165, 1.54) is 12.1 Å². The van der Waals surface area contributed by atoms with Crippen molar-refractivity contribution < 1.29 is 27.1 Å². The van der Waals surface area contributed by atoms with E-state index in [-0.39, 0.29) is 30.2 Å². The van der Waals surface area contributed by atoms with Gasteiger partial charge in [0, 0.05) is 51.2 Å². The lowest BCUT2D eigenvalue weighted by Gasteiger charge is -2.36. The topological polar surface area (TPSA) is 64.7 Å². The van der Waals surface area contributed by atoms with Gasteiger partial charge in [0.1, 0.15) is 11.4 Å². The van der Waals surface area contributed by atoms with Gasteiger partial charge in [-0.05, 0) is 79.4 Å². The van der Waals surface area contributed by atoms with Gasteiger partial charge < -0.3 is 19.5 Å². The Morgan fingerprint density at radius 3 is 2.51 bits per heavy atom. The van der Waals surface area contributed by atoms with Gasteiger partial charge in [0.05, 0.1) is 23.4 Å². The number of aromatic nitrogens is 2. The van der Waals surface area contributed by atoms with Crippen molar-refractivity contribution in [2.24, 2.45) is 0 Å². The number of piperazine rings is 1. The number of fused-ring (bicyclic) bond motifs is 2. The highest BCUT2D eigenvalue weighted by molar-refractivity contribution is 5.83. The van der Waals surface area contributed by atoms with E-state index >= 15 is 4.39 Å². The highest BCUT2D eigenvalue weighted by Crippen LogP contribution is 2.38. The SMILES string of the molecule is CCN1CCN(Cc2ccc(CC(=O)N3CCc4cc(F)c(Oc5ccnc6[nH]c(C)cc56)cc4C3C)cc2C(F)(F)F)CC1. The number of rotatable bonds is 7. The van der Waals surface area contributed by atoms with E-state index in [1.54, 1.807) is 29.3 Å². The molecule has 1 atom stereocenters. The fourth-order valence-corrected chi connectivity index (χ4v) is 6.49. The molecule has 0 bridgehead atoms. The number of hydrogen-bond acceptors (Lipinski definition) is 5. The third-order valence-electron chi connectivity index (χ3n) is 9.04. The molecule has 7 nitrogen and oxygen atoms in total. The number of halogens is 4. The van der Waals surface area contributed by atoms with Crippen molar-refractivity contribution >= 4 is 16.9 Å². The predicted octanol–water partition coefficient (Wildman–Crippen LogP) is 6.65. The molecular formula is C34H37F4N5O2. The summed E-state index contributed by atoms with van der Waals surface area (Å²) in [6, 6.07) is 10.5. The van der Waals surface area contributed by atoms with Gasteiger partial charge in [0.2, 0.25) is 5.91 Å². The molecule has 1 saturated heterocycles. The number of ether oxygens (including phenoxy) is 1. The molecule has 2 aromatic heterocycles. The first-order chi connectivity index (χ1) is 21.5. The van der Waals surface area contributed by atoms with Gasteiger partial charge in [0.25, 0.3) is 0 Å². The number of carbonyl (C=O) groups is 1. The van der Waals surface area contributed by atoms with Crippen molar-refractivity contribution in [2.45, 2.75) is 52.4 Å². The van der Waals surface area contributed by atoms with Crippen molar-refractivity contribution in [3.63, 3.8) is 0 Å². The number of benzene rings is 2. The van der Waals surface area contributed by atoms with Gasteiger partial charge in [-0.2, -0.15) is 13.2 Å². The molecule has 0 aliphatic carbocycles. The lowest BCUT2D eigenvalue weighted by Crippen LogP contribution is -2.45. The first kappa shape index (κ1) is 31.0. The summed E-state index contributed by atoms with van der Waals surface area (Å²) >= 11 is 0. The second-order valence-electron chi connectivity index (χ2n) is 12.0. The molecule has 6 rings (SSSR count). The monoisotopic (exact) mass is 623 g/mol. The number of hydrogen-bond donors (Lipinski definition) is 1. The average Bonchev–Trinajstić information content (AvgIpc) is 3.39. The molecule has 0 spiro atoms. The molecule has 0 radical (unpaired) electrons. The number of H-pyrrole nitrogens is 1. The van der Waals surface area contributed by atoms with E-state index in [9.17, 15) is 18.0 Å². The van der Waals surface area contributed by atoms with Gasteiger partial charge in [-0.1, -0.05) is 19.1 Å². The maximum Gasteiger partial charge on any atom is 0.416 e. The van der Waals surface area contributed by atoms with Crippen LogP contribution in [0.4, 0.5) is 17.6 Å². The Morgan fingerprint density at radius 1 is 1.02 bits per heavy atom. The quantitative estimate of drug-likeness (QED) is 0.234. The number of carbonyl (C=O) groups excluding carboxylic acids is 1. The molecule has 4 heterocycles. The number of amides is 1. The minimum Gasteiger partial charge on any atom is -0.453 e. The Balaban J connectivity index is 1.19. The molecule has 1 unspecified atom stereocenters. The van der Waals surface area contributed by atoms with Crippen molar-refractivity contribution in [3.8, 4) is 11.5 Å². The van der Waals surface area contributed by atoms with Crippen molar-refractivity contribution in [1.82, 2.24) is 24.7 Å². The fraction of sp³-hybridized carbons (Fsp3) is 0.412. The Kier molecular flexibility index (Phi) is 8.58. The number of aryl methyl sites for hydroxylation is 1. The minimum atomic E-state index is -4.53. The average molecular weight is 624 g/mol. The molecule has 1 amide bonds. The molecule has 1 fully saturated rings. The molecule has 11 heteroatoms. The number of likely N-dealkylation sites (N-methyl/N-ethyl adjacent to an activating group) is 1. The number of alkyl halides is 3. The zero-order valence-corrected chi connectivity index (χ0v) is 25.7. The first-order valence-corrected chi connectivity index (χ1v) is 15.4. The van der Waals surface area contributed by atoms with Crippen LogP contribution in [0, 0.1) is 12.7 Å². The highest BCUT2D eigenvalue weighted by atomic mass is 19.4. The molecule has 2 aliphatic heterocycles. The summed E-state index contributed by atoms with van der Waals surface area (Å²) in [5.41, 5.74) is 2.89. The zero-order valence-electron chi connectivity index (χ0n) is 25.7. The third kappa shape index (κ3) is 6.55. The summed E-state index contributed by atoms with van der Waals surface area (Å²) in [7, 11) is 0. The number of pyridine rings is 1. The van der Waals surface area contributed by atoms with E-state index in [2.05, 4.69) is 21.8 Å². The number of aromatic amines is 1. The molecule has 2 aliphatic rings. The van der Waals surface area contributed by atoms with Crippen LogP contribution in [0.15, 0.2) is 48.7 Å². The van der Waals surface area contributed by atoms with Crippen molar-refractivity contribution in [1.29, 1.82) is 0 Å². The lowest BCUT2D eigenvalue weighted by molar-refractivity contribution is -0.139. The molecule has 4 aromatic rings.